The Morgan fingerprint density at radius 1 is 1.25 bits per heavy atom. The van der Waals surface area contributed by atoms with Crippen molar-refractivity contribution in [2.45, 2.75) is 46.0 Å². The largest absolute Gasteiger partial charge is 0.326 e. The van der Waals surface area contributed by atoms with Gasteiger partial charge in [-0.1, -0.05) is 13.8 Å². The summed E-state index contributed by atoms with van der Waals surface area (Å²) in [5, 5.41) is 8.88. The van der Waals surface area contributed by atoms with Gasteiger partial charge in [0.15, 0.2) is 0 Å². The fraction of sp³-hybridized carbons (Fsp3) is 0.909. The summed E-state index contributed by atoms with van der Waals surface area (Å²) in [6.45, 7) is 4.10. The average Bonchev–Trinajstić information content (AvgIpc) is 2.16. The standard InChI is InChI=1S/C11H20NO3P/c1-3-10(4-2)5-6-11(10,7-8-12)9-16(13,14)15/h3-7,9H2,1-2H3,(H2,13,14,15). The normalized spacial score (nSPS) is 28.2. The zero-order valence-corrected chi connectivity index (χ0v) is 10.8. The van der Waals surface area contributed by atoms with Crippen LogP contribution in [-0.2, 0) is 4.57 Å². The van der Waals surface area contributed by atoms with Gasteiger partial charge in [-0.2, -0.15) is 5.26 Å². The lowest BCUT2D eigenvalue weighted by molar-refractivity contribution is -0.0695. The van der Waals surface area contributed by atoms with Gasteiger partial charge in [0.2, 0.25) is 0 Å². The van der Waals surface area contributed by atoms with Crippen molar-refractivity contribution >= 4 is 7.60 Å². The van der Waals surface area contributed by atoms with Gasteiger partial charge in [-0.3, -0.25) is 4.57 Å². The third kappa shape index (κ3) is 2.18. The molecule has 0 aliphatic heterocycles. The summed E-state index contributed by atoms with van der Waals surface area (Å²) >= 11 is 0. The Kier molecular flexibility index (Phi) is 3.84. The summed E-state index contributed by atoms with van der Waals surface area (Å²) in [6, 6.07) is 2.11. The average molecular weight is 245 g/mol. The molecule has 1 unspecified atom stereocenters. The first-order valence-electron chi connectivity index (χ1n) is 5.76. The SMILES string of the molecule is CCC1(CC)CCC1(CC#N)CP(=O)(O)O. The maximum Gasteiger partial charge on any atom is 0.326 e. The minimum Gasteiger partial charge on any atom is -0.324 e. The van der Waals surface area contributed by atoms with E-state index in [0.717, 1.165) is 25.7 Å². The zero-order valence-electron chi connectivity index (χ0n) is 9.94. The lowest BCUT2D eigenvalue weighted by Gasteiger charge is -2.59. The monoisotopic (exact) mass is 245 g/mol. The molecule has 1 saturated carbocycles. The Morgan fingerprint density at radius 3 is 2.00 bits per heavy atom. The summed E-state index contributed by atoms with van der Waals surface area (Å²) in [7, 11) is -4.04. The molecule has 0 aromatic heterocycles. The Bertz CT molecular complexity index is 334. The molecule has 1 aliphatic carbocycles. The van der Waals surface area contributed by atoms with E-state index in [1.807, 2.05) is 0 Å². The van der Waals surface area contributed by atoms with Crippen molar-refractivity contribution in [2.75, 3.05) is 6.16 Å². The molecular formula is C11H20NO3P. The third-order valence-corrected chi connectivity index (χ3v) is 5.50. The van der Waals surface area contributed by atoms with E-state index >= 15 is 0 Å². The van der Waals surface area contributed by atoms with E-state index in [4.69, 9.17) is 15.0 Å². The van der Waals surface area contributed by atoms with E-state index in [1.54, 1.807) is 0 Å². The van der Waals surface area contributed by atoms with E-state index in [1.165, 1.54) is 0 Å². The van der Waals surface area contributed by atoms with Gasteiger partial charge in [-0.15, -0.1) is 0 Å². The van der Waals surface area contributed by atoms with Gasteiger partial charge in [0.05, 0.1) is 12.2 Å². The summed E-state index contributed by atoms with van der Waals surface area (Å²) in [5.74, 6) is 0. The van der Waals surface area contributed by atoms with Crippen LogP contribution in [0.15, 0.2) is 0 Å². The molecule has 0 bridgehead atoms. The quantitative estimate of drug-likeness (QED) is 0.729. The highest BCUT2D eigenvalue weighted by molar-refractivity contribution is 7.51. The first-order chi connectivity index (χ1) is 7.35. The number of hydrogen-bond acceptors (Lipinski definition) is 2. The van der Waals surface area contributed by atoms with Gasteiger partial charge in [0.1, 0.15) is 0 Å². The second kappa shape index (κ2) is 4.49. The van der Waals surface area contributed by atoms with Gasteiger partial charge in [-0.05, 0) is 31.1 Å². The van der Waals surface area contributed by atoms with Crippen LogP contribution in [-0.4, -0.2) is 15.9 Å². The highest BCUT2D eigenvalue weighted by atomic mass is 31.2. The first-order valence-corrected chi connectivity index (χ1v) is 7.56. The highest BCUT2D eigenvalue weighted by Gasteiger charge is 2.58. The maximum atomic E-state index is 11.2. The number of rotatable bonds is 5. The summed E-state index contributed by atoms with van der Waals surface area (Å²) < 4.78 is 11.2. The number of nitriles is 1. The van der Waals surface area contributed by atoms with E-state index in [0.29, 0.717) is 0 Å². The van der Waals surface area contributed by atoms with E-state index in [-0.39, 0.29) is 18.0 Å². The molecule has 1 atom stereocenters. The smallest absolute Gasteiger partial charge is 0.324 e. The van der Waals surface area contributed by atoms with Crippen molar-refractivity contribution < 1.29 is 14.4 Å². The summed E-state index contributed by atoms with van der Waals surface area (Å²) in [4.78, 5) is 18.3. The predicted molar refractivity (Wildman–Crippen MR) is 61.8 cm³/mol. The predicted octanol–water partition coefficient (Wildman–Crippen LogP) is 2.66. The van der Waals surface area contributed by atoms with Crippen LogP contribution in [0.4, 0.5) is 0 Å². The Balaban J connectivity index is 2.99. The van der Waals surface area contributed by atoms with Crippen LogP contribution >= 0.6 is 7.60 Å². The van der Waals surface area contributed by atoms with Gasteiger partial charge < -0.3 is 9.79 Å². The molecule has 0 amide bonds. The number of nitrogens with zero attached hydrogens (tertiary/aromatic N) is 1. The Labute approximate surface area is 96.8 Å². The lowest BCUT2D eigenvalue weighted by Crippen LogP contribution is -2.52. The molecule has 1 rings (SSSR count). The van der Waals surface area contributed by atoms with Crippen molar-refractivity contribution in [3.05, 3.63) is 0 Å². The van der Waals surface area contributed by atoms with Crippen LogP contribution in [0.2, 0.25) is 0 Å². The molecule has 0 aromatic rings. The topological polar surface area (TPSA) is 81.3 Å². The zero-order chi connectivity index (χ0) is 12.4. The van der Waals surface area contributed by atoms with Crippen molar-refractivity contribution in [3.8, 4) is 6.07 Å². The molecule has 0 heterocycles. The molecule has 0 radical (unpaired) electrons. The fourth-order valence-corrected chi connectivity index (χ4v) is 4.70. The molecule has 0 aromatic carbocycles. The Morgan fingerprint density at radius 2 is 1.75 bits per heavy atom. The van der Waals surface area contributed by atoms with Crippen LogP contribution in [0.5, 0.6) is 0 Å². The fourth-order valence-electron chi connectivity index (χ4n) is 3.31. The van der Waals surface area contributed by atoms with Crippen molar-refractivity contribution in [1.29, 1.82) is 5.26 Å². The van der Waals surface area contributed by atoms with Gasteiger partial charge in [0.25, 0.3) is 0 Å². The van der Waals surface area contributed by atoms with Gasteiger partial charge in [-0.25, -0.2) is 0 Å². The third-order valence-electron chi connectivity index (χ3n) is 4.49. The highest BCUT2D eigenvalue weighted by Crippen LogP contribution is 2.66. The van der Waals surface area contributed by atoms with Crippen molar-refractivity contribution in [3.63, 3.8) is 0 Å². The van der Waals surface area contributed by atoms with E-state index < -0.39 is 13.0 Å². The number of hydrogen-bond donors (Lipinski definition) is 2. The van der Waals surface area contributed by atoms with Crippen LogP contribution in [0, 0.1) is 22.2 Å². The van der Waals surface area contributed by atoms with Crippen LogP contribution in [0.1, 0.15) is 46.0 Å². The Hall–Kier alpha value is -0.360. The maximum absolute atomic E-state index is 11.2. The molecule has 4 nitrogen and oxygen atoms in total. The molecule has 0 spiro atoms. The molecule has 0 saturated heterocycles. The second-order valence-electron chi connectivity index (χ2n) is 4.93. The van der Waals surface area contributed by atoms with Gasteiger partial charge in [0, 0.05) is 11.8 Å². The van der Waals surface area contributed by atoms with Crippen molar-refractivity contribution in [2.24, 2.45) is 10.8 Å². The minimum absolute atomic E-state index is 0.0378. The van der Waals surface area contributed by atoms with E-state index in [9.17, 15) is 4.57 Å². The molecule has 5 heteroatoms. The lowest BCUT2D eigenvalue weighted by atomic mass is 9.47. The minimum atomic E-state index is -4.04. The summed E-state index contributed by atoms with van der Waals surface area (Å²) in [5.41, 5.74) is -0.492. The first kappa shape index (κ1) is 13.7. The molecule has 1 fully saturated rings. The van der Waals surface area contributed by atoms with Crippen LogP contribution in [0.25, 0.3) is 0 Å². The van der Waals surface area contributed by atoms with Crippen molar-refractivity contribution in [1.82, 2.24) is 0 Å². The summed E-state index contributed by atoms with van der Waals surface area (Å²) in [6.07, 6.45) is 3.68. The molecule has 1 aliphatic rings. The molecular weight excluding hydrogens is 225 g/mol. The van der Waals surface area contributed by atoms with Crippen LogP contribution in [0.3, 0.4) is 0 Å². The molecule has 2 N–H and O–H groups in total. The molecule has 92 valence electrons. The van der Waals surface area contributed by atoms with Gasteiger partial charge >= 0.3 is 7.60 Å². The molecule has 16 heavy (non-hydrogen) atoms. The van der Waals surface area contributed by atoms with E-state index in [2.05, 4.69) is 19.9 Å². The van der Waals surface area contributed by atoms with Crippen LogP contribution < -0.4 is 0 Å². The second-order valence-corrected chi connectivity index (χ2v) is 6.57.